The Morgan fingerprint density at radius 2 is 2.00 bits per heavy atom. The van der Waals surface area contributed by atoms with Gasteiger partial charge in [-0.05, 0) is 53.9 Å². The van der Waals surface area contributed by atoms with Crippen LogP contribution in [0, 0.1) is 11.3 Å². The number of amides is 1. The Morgan fingerprint density at radius 3 is 2.77 bits per heavy atom. The molecule has 0 unspecified atom stereocenters. The molecule has 1 aliphatic rings. The fourth-order valence-electron chi connectivity index (χ4n) is 3.35. The minimum absolute atomic E-state index is 0.169. The lowest BCUT2D eigenvalue weighted by Crippen LogP contribution is -2.41. The van der Waals surface area contributed by atoms with Crippen molar-refractivity contribution in [3.05, 3.63) is 72.1 Å². The molecule has 1 aliphatic heterocycles. The third kappa shape index (κ3) is 4.26. The lowest BCUT2D eigenvalue weighted by atomic mass is 10.1. The monoisotopic (exact) mass is 438 g/mol. The second kappa shape index (κ2) is 8.36. The topological polar surface area (TPSA) is 103 Å². The number of hydrogen-bond acceptors (Lipinski definition) is 6. The van der Waals surface area contributed by atoms with E-state index in [9.17, 15) is 13.2 Å². The van der Waals surface area contributed by atoms with E-state index in [0.29, 0.717) is 25.1 Å². The fourth-order valence-corrected chi connectivity index (χ4v) is 5.90. The second-order valence-corrected chi connectivity index (χ2v) is 9.91. The van der Waals surface area contributed by atoms with Gasteiger partial charge in [-0.3, -0.25) is 9.78 Å². The Labute approximate surface area is 178 Å². The van der Waals surface area contributed by atoms with Gasteiger partial charge in [0, 0.05) is 30.4 Å². The number of nitrogens with one attached hydrogen (secondary N) is 1. The van der Waals surface area contributed by atoms with E-state index < -0.39 is 16.1 Å². The zero-order valence-electron chi connectivity index (χ0n) is 15.9. The van der Waals surface area contributed by atoms with Crippen LogP contribution < -0.4 is 4.72 Å². The molecule has 0 saturated carbocycles. The van der Waals surface area contributed by atoms with Crippen LogP contribution in [-0.4, -0.2) is 36.8 Å². The fraction of sp³-hybridized carbons (Fsp3) is 0.190. The number of benzene rings is 1. The Hall–Kier alpha value is -3.06. The van der Waals surface area contributed by atoms with Gasteiger partial charge in [-0.25, -0.2) is 8.42 Å². The van der Waals surface area contributed by atoms with Gasteiger partial charge in [-0.2, -0.15) is 9.98 Å². The van der Waals surface area contributed by atoms with E-state index in [4.69, 9.17) is 5.26 Å². The van der Waals surface area contributed by atoms with Crippen molar-refractivity contribution in [1.29, 1.82) is 5.26 Å². The van der Waals surface area contributed by atoms with E-state index in [-0.39, 0.29) is 10.1 Å². The van der Waals surface area contributed by atoms with Gasteiger partial charge in [0.1, 0.15) is 10.3 Å². The average Bonchev–Trinajstić information content (AvgIpc) is 3.38. The van der Waals surface area contributed by atoms with Gasteiger partial charge in [-0.1, -0.05) is 12.1 Å². The average molecular weight is 439 g/mol. The summed E-state index contributed by atoms with van der Waals surface area (Å²) in [5.74, 6) is -0.258. The van der Waals surface area contributed by atoms with Crippen LogP contribution in [-0.2, 0) is 21.4 Å². The molecule has 0 spiro atoms. The van der Waals surface area contributed by atoms with Crippen LogP contribution >= 0.6 is 11.3 Å². The number of thiophene rings is 1. The first kappa shape index (κ1) is 20.2. The van der Waals surface area contributed by atoms with Crippen molar-refractivity contribution in [1.82, 2.24) is 14.6 Å². The molecule has 7 nitrogen and oxygen atoms in total. The highest BCUT2D eigenvalue weighted by Gasteiger charge is 2.35. The number of likely N-dealkylation sites (tertiary alicyclic amines) is 1. The largest absolute Gasteiger partial charge is 0.337 e. The van der Waals surface area contributed by atoms with E-state index >= 15 is 0 Å². The van der Waals surface area contributed by atoms with E-state index in [1.165, 1.54) is 0 Å². The van der Waals surface area contributed by atoms with Crippen molar-refractivity contribution in [2.45, 2.75) is 23.2 Å². The van der Waals surface area contributed by atoms with Crippen LogP contribution in [0.1, 0.15) is 17.5 Å². The van der Waals surface area contributed by atoms with Crippen molar-refractivity contribution in [3.8, 4) is 16.5 Å². The summed E-state index contributed by atoms with van der Waals surface area (Å²) in [6, 6.07) is 15.3. The van der Waals surface area contributed by atoms with Gasteiger partial charge < -0.3 is 4.90 Å². The SMILES string of the molecule is N#Cc1cccc(CN2CC[C@H](NS(=O)(=O)c3ccc(-c4ccncc4)s3)C2=O)c1. The minimum Gasteiger partial charge on any atom is -0.337 e. The molecule has 1 N–H and O–H groups in total. The molecule has 2 aromatic heterocycles. The maximum atomic E-state index is 12.8. The molecule has 152 valence electrons. The highest BCUT2D eigenvalue weighted by Crippen LogP contribution is 2.30. The first-order chi connectivity index (χ1) is 14.5. The number of rotatable bonds is 6. The summed E-state index contributed by atoms with van der Waals surface area (Å²) in [5, 5.41) is 9.02. The smallest absolute Gasteiger partial charge is 0.250 e. The maximum absolute atomic E-state index is 12.8. The van der Waals surface area contributed by atoms with Crippen LogP contribution in [0.15, 0.2) is 65.1 Å². The van der Waals surface area contributed by atoms with Gasteiger partial charge in [0.25, 0.3) is 10.0 Å². The number of nitriles is 1. The molecular formula is C21H18N4O3S2. The van der Waals surface area contributed by atoms with Gasteiger partial charge in [0.2, 0.25) is 5.91 Å². The number of nitrogens with zero attached hydrogens (tertiary/aromatic N) is 3. The minimum atomic E-state index is -3.81. The van der Waals surface area contributed by atoms with Gasteiger partial charge >= 0.3 is 0 Å². The van der Waals surface area contributed by atoms with Crippen LogP contribution in [0.5, 0.6) is 0 Å². The molecule has 30 heavy (non-hydrogen) atoms. The summed E-state index contributed by atoms with van der Waals surface area (Å²) in [6.45, 7) is 0.799. The molecule has 1 aromatic carbocycles. The maximum Gasteiger partial charge on any atom is 0.250 e. The molecule has 1 atom stereocenters. The molecule has 9 heteroatoms. The summed E-state index contributed by atoms with van der Waals surface area (Å²) in [5.41, 5.74) is 2.25. The highest BCUT2D eigenvalue weighted by molar-refractivity contribution is 7.91. The molecule has 0 bridgehead atoms. The first-order valence-electron chi connectivity index (χ1n) is 9.27. The predicted molar refractivity (Wildman–Crippen MR) is 113 cm³/mol. The molecule has 0 radical (unpaired) electrons. The molecule has 3 aromatic rings. The van der Waals surface area contributed by atoms with Crippen molar-refractivity contribution in [2.75, 3.05) is 6.54 Å². The predicted octanol–water partition coefficient (Wildman–Crippen LogP) is 2.76. The lowest BCUT2D eigenvalue weighted by Gasteiger charge is -2.17. The number of hydrogen-bond donors (Lipinski definition) is 1. The highest BCUT2D eigenvalue weighted by atomic mass is 32.2. The number of pyridine rings is 1. The zero-order valence-corrected chi connectivity index (χ0v) is 17.5. The van der Waals surface area contributed by atoms with Gasteiger partial charge in [-0.15, -0.1) is 11.3 Å². The number of carbonyl (C=O) groups is 1. The molecule has 3 heterocycles. The molecule has 1 amide bonds. The van der Waals surface area contributed by atoms with Crippen LogP contribution in [0.25, 0.3) is 10.4 Å². The first-order valence-corrected chi connectivity index (χ1v) is 11.6. The van der Waals surface area contributed by atoms with Crippen molar-refractivity contribution in [2.24, 2.45) is 0 Å². The van der Waals surface area contributed by atoms with E-state index in [1.54, 1.807) is 47.6 Å². The normalized spacial score (nSPS) is 16.6. The third-order valence-corrected chi connectivity index (χ3v) is 7.93. The Morgan fingerprint density at radius 1 is 1.20 bits per heavy atom. The number of sulfonamides is 1. The molecule has 0 aliphatic carbocycles. The van der Waals surface area contributed by atoms with E-state index in [2.05, 4.69) is 15.8 Å². The summed E-state index contributed by atoms with van der Waals surface area (Å²) in [4.78, 5) is 19.1. The van der Waals surface area contributed by atoms with E-state index in [1.807, 2.05) is 18.2 Å². The summed E-state index contributed by atoms with van der Waals surface area (Å²) < 4.78 is 28.3. The van der Waals surface area contributed by atoms with E-state index in [0.717, 1.165) is 27.3 Å². The second-order valence-electron chi connectivity index (χ2n) is 6.89. The summed E-state index contributed by atoms with van der Waals surface area (Å²) in [7, 11) is -3.81. The van der Waals surface area contributed by atoms with Crippen LogP contribution in [0.3, 0.4) is 0 Å². The quantitative estimate of drug-likeness (QED) is 0.637. The molecular weight excluding hydrogens is 420 g/mol. The zero-order chi connectivity index (χ0) is 21.1. The summed E-state index contributed by atoms with van der Waals surface area (Å²) >= 11 is 1.15. The third-order valence-electron chi connectivity index (χ3n) is 4.84. The van der Waals surface area contributed by atoms with Crippen molar-refractivity contribution >= 4 is 27.3 Å². The Bertz CT molecular complexity index is 1220. The van der Waals surface area contributed by atoms with Crippen molar-refractivity contribution in [3.63, 3.8) is 0 Å². The van der Waals surface area contributed by atoms with Crippen molar-refractivity contribution < 1.29 is 13.2 Å². The molecule has 1 fully saturated rings. The Balaban J connectivity index is 1.45. The summed E-state index contributed by atoms with van der Waals surface area (Å²) in [6.07, 6.45) is 3.71. The lowest BCUT2D eigenvalue weighted by molar-refractivity contribution is -0.129. The van der Waals surface area contributed by atoms with Gasteiger partial charge in [0.05, 0.1) is 11.6 Å². The number of aromatic nitrogens is 1. The Kier molecular flexibility index (Phi) is 5.63. The standard InChI is InChI=1S/C21H18N4O3S2/c22-13-15-2-1-3-16(12-15)14-25-11-8-18(21(25)26)24-30(27,28)20-5-4-19(29-20)17-6-9-23-10-7-17/h1-7,9-10,12,18,24H,8,11,14H2/t18-/m0/s1. The number of carbonyl (C=O) groups excluding carboxylic acids is 1. The molecule has 4 rings (SSSR count). The van der Waals surface area contributed by atoms with Crippen LogP contribution in [0.4, 0.5) is 0 Å². The molecule has 1 saturated heterocycles. The van der Waals surface area contributed by atoms with Crippen LogP contribution in [0.2, 0.25) is 0 Å². The van der Waals surface area contributed by atoms with Gasteiger partial charge in [0.15, 0.2) is 0 Å².